The Labute approximate surface area is 274 Å². The molecule has 0 bridgehead atoms. The number of ether oxygens (including phenoxy) is 3. The molecule has 15 heteroatoms. The van der Waals surface area contributed by atoms with Crippen molar-refractivity contribution in [3.05, 3.63) is 69.6 Å². The second-order valence-electron chi connectivity index (χ2n) is 10.5. The molecule has 2 aromatic rings. The van der Waals surface area contributed by atoms with Gasteiger partial charge in [-0.25, -0.2) is 10.3 Å². The van der Waals surface area contributed by atoms with Gasteiger partial charge in [-0.1, -0.05) is 36.2 Å². The number of benzene rings is 2. The van der Waals surface area contributed by atoms with Gasteiger partial charge in [0, 0.05) is 60.9 Å². The van der Waals surface area contributed by atoms with Crippen molar-refractivity contribution in [1.29, 1.82) is 0 Å². The maximum Gasteiger partial charge on any atom is 0.407 e. The van der Waals surface area contributed by atoms with Crippen molar-refractivity contribution < 1.29 is 38.6 Å². The molecular formula is C32H45N7O8. The Kier molecular flexibility index (Phi) is 18.6. The summed E-state index contributed by atoms with van der Waals surface area (Å²) in [6, 6.07) is 11.9. The summed E-state index contributed by atoms with van der Waals surface area (Å²) in [5, 5.41) is 17.7. The molecule has 256 valence electrons. The number of azide groups is 1. The van der Waals surface area contributed by atoms with Crippen molar-refractivity contribution >= 4 is 35.2 Å². The summed E-state index contributed by atoms with van der Waals surface area (Å²) in [4.78, 5) is 53.6. The first-order chi connectivity index (χ1) is 22.8. The van der Waals surface area contributed by atoms with E-state index < -0.39 is 12.0 Å². The molecule has 0 radical (unpaired) electrons. The molecule has 0 aliphatic heterocycles. The summed E-state index contributed by atoms with van der Waals surface area (Å²) < 4.78 is 15.6. The monoisotopic (exact) mass is 655 g/mol. The molecule has 2 aromatic carbocycles. The fourth-order valence-electron chi connectivity index (χ4n) is 4.43. The molecule has 0 atom stereocenters. The Morgan fingerprint density at radius 3 is 2.26 bits per heavy atom. The van der Waals surface area contributed by atoms with Gasteiger partial charge in [-0.05, 0) is 67.6 Å². The predicted octanol–water partition coefficient (Wildman–Crippen LogP) is 5.14. The van der Waals surface area contributed by atoms with E-state index in [-0.39, 0.29) is 51.1 Å². The van der Waals surface area contributed by atoms with Crippen LogP contribution in [0.15, 0.2) is 47.6 Å². The van der Waals surface area contributed by atoms with E-state index in [1.807, 2.05) is 19.9 Å². The third-order valence-electron chi connectivity index (χ3n) is 6.86. The quantitative estimate of drug-likeness (QED) is 0.0333. The summed E-state index contributed by atoms with van der Waals surface area (Å²) in [5.74, 6) is -0.868. The zero-order valence-electron chi connectivity index (χ0n) is 27.0. The number of hydrogen-bond acceptors (Lipinski definition) is 9. The van der Waals surface area contributed by atoms with E-state index in [1.54, 1.807) is 46.8 Å². The van der Waals surface area contributed by atoms with Crippen LogP contribution in [-0.2, 0) is 30.3 Å². The first-order valence-corrected chi connectivity index (χ1v) is 15.6. The van der Waals surface area contributed by atoms with Crippen LogP contribution in [0.2, 0.25) is 0 Å². The van der Waals surface area contributed by atoms with Gasteiger partial charge < -0.3 is 29.7 Å². The number of amides is 4. The van der Waals surface area contributed by atoms with Gasteiger partial charge in [-0.15, -0.1) is 0 Å². The van der Waals surface area contributed by atoms with Crippen molar-refractivity contribution in [2.24, 2.45) is 5.11 Å². The fourth-order valence-corrected chi connectivity index (χ4v) is 4.43. The SMILES string of the molecule is CCOCCOCCOC(=O)NCCN(Cc1ccc(N=[N+]=[N-])c(C)c1)C(=O)c1ccc(NC(=O)CCCCCCC(=O)NO)cc1. The fraction of sp³-hybridized carbons (Fsp3) is 0.500. The average molecular weight is 656 g/mol. The first kappa shape index (κ1) is 38.5. The highest BCUT2D eigenvalue weighted by Gasteiger charge is 2.18. The van der Waals surface area contributed by atoms with Gasteiger partial charge in [-0.2, -0.15) is 0 Å². The van der Waals surface area contributed by atoms with Crippen LogP contribution in [0.5, 0.6) is 0 Å². The van der Waals surface area contributed by atoms with Crippen LogP contribution in [0.4, 0.5) is 16.2 Å². The number of hydroxylamine groups is 1. The van der Waals surface area contributed by atoms with E-state index in [0.29, 0.717) is 56.0 Å². The molecule has 47 heavy (non-hydrogen) atoms. The van der Waals surface area contributed by atoms with Gasteiger partial charge in [-0.3, -0.25) is 19.6 Å². The highest BCUT2D eigenvalue weighted by atomic mass is 16.6. The van der Waals surface area contributed by atoms with Gasteiger partial charge in [0.1, 0.15) is 6.61 Å². The van der Waals surface area contributed by atoms with Gasteiger partial charge in [0.05, 0.1) is 19.8 Å². The smallest absolute Gasteiger partial charge is 0.407 e. The van der Waals surface area contributed by atoms with Crippen molar-refractivity contribution in [3.63, 3.8) is 0 Å². The highest BCUT2D eigenvalue weighted by molar-refractivity contribution is 5.96. The molecule has 4 amide bonds. The second-order valence-corrected chi connectivity index (χ2v) is 10.5. The molecule has 2 rings (SSSR count). The van der Waals surface area contributed by atoms with Crippen molar-refractivity contribution in [2.45, 2.75) is 58.9 Å². The van der Waals surface area contributed by atoms with Crippen molar-refractivity contribution in [3.8, 4) is 0 Å². The van der Waals surface area contributed by atoms with E-state index in [0.717, 1.165) is 24.0 Å². The van der Waals surface area contributed by atoms with Crippen molar-refractivity contribution in [2.75, 3.05) is 51.4 Å². The molecule has 0 saturated carbocycles. The minimum absolute atomic E-state index is 0.0752. The number of carbonyl (C=O) groups is 4. The van der Waals surface area contributed by atoms with Crippen LogP contribution < -0.4 is 16.1 Å². The van der Waals surface area contributed by atoms with E-state index in [4.69, 9.17) is 24.9 Å². The number of anilines is 1. The zero-order valence-corrected chi connectivity index (χ0v) is 27.0. The second kappa shape index (κ2) is 22.8. The Morgan fingerprint density at radius 1 is 0.915 bits per heavy atom. The lowest BCUT2D eigenvalue weighted by Crippen LogP contribution is -2.38. The zero-order chi connectivity index (χ0) is 34.3. The Bertz CT molecular complexity index is 1330. The maximum atomic E-state index is 13.6. The number of unbranched alkanes of at least 4 members (excludes halogenated alkanes) is 3. The minimum atomic E-state index is -0.630. The minimum Gasteiger partial charge on any atom is -0.447 e. The van der Waals surface area contributed by atoms with Crippen LogP contribution in [0.1, 0.15) is 66.9 Å². The molecule has 0 fully saturated rings. The van der Waals surface area contributed by atoms with Gasteiger partial charge in [0.2, 0.25) is 11.8 Å². The third kappa shape index (κ3) is 15.9. The molecule has 0 spiro atoms. The van der Waals surface area contributed by atoms with Gasteiger partial charge >= 0.3 is 6.09 Å². The lowest BCUT2D eigenvalue weighted by molar-refractivity contribution is -0.129. The van der Waals surface area contributed by atoms with Gasteiger partial charge in [0.25, 0.3) is 5.91 Å². The molecule has 0 heterocycles. The summed E-state index contributed by atoms with van der Waals surface area (Å²) in [7, 11) is 0. The van der Waals surface area contributed by atoms with Crippen LogP contribution in [-0.4, -0.2) is 80.0 Å². The lowest BCUT2D eigenvalue weighted by Gasteiger charge is -2.24. The molecule has 0 unspecified atom stereocenters. The van der Waals surface area contributed by atoms with E-state index in [2.05, 4.69) is 20.7 Å². The topological polar surface area (TPSA) is 204 Å². The summed E-state index contributed by atoms with van der Waals surface area (Å²) in [6.07, 6.45) is 2.76. The molecular weight excluding hydrogens is 610 g/mol. The van der Waals surface area contributed by atoms with E-state index >= 15 is 0 Å². The van der Waals surface area contributed by atoms with E-state index in [1.165, 1.54) is 0 Å². The molecule has 0 aliphatic rings. The Morgan fingerprint density at radius 2 is 1.60 bits per heavy atom. The molecule has 15 nitrogen and oxygen atoms in total. The predicted molar refractivity (Wildman–Crippen MR) is 174 cm³/mol. The highest BCUT2D eigenvalue weighted by Crippen LogP contribution is 2.22. The first-order valence-electron chi connectivity index (χ1n) is 15.6. The van der Waals surface area contributed by atoms with Crippen LogP contribution >= 0.6 is 0 Å². The summed E-state index contributed by atoms with van der Waals surface area (Å²) >= 11 is 0. The lowest BCUT2D eigenvalue weighted by atomic mass is 10.1. The third-order valence-corrected chi connectivity index (χ3v) is 6.86. The molecule has 0 aromatic heterocycles. The number of hydrogen-bond donors (Lipinski definition) is 4. The molecule has 0 aliphatic carbocycles. The standard InChI is InChI=1S/C32H45N7O8/c1-3-45-18-19-46-20-21-47-32(43)34-16-17-39(23-25-10-15-28(36-38-33)24(2)22-25)31(42)26-11-13-27(14-12-26)35-29(40)8-6-4-5-7-9-30(41)37-44/h10-15,22,44H,3-9,16-21,23H2,1-2H3,(H,34,43)(H,35,40)(H,37,41). The van der Waals surface area contributed by atoms with E-state index in [9.17, 15) is 19.2 Å². The van der Waals surface area contributed by atoms with Crippen LogP contribution in [0.3, 0.4) is 0 Å². The molecule has 0 saturated heterocycles. The van der Waals surface area contributed by atoms with Crippen molar-refractivity contribution in [1.82, 2.24) is 15.7 Å². The number of nitrogens with zero attached hydrogens (tertiary/aromatic N) is 4. The number of rotatable bonds is 22. The largest absolute Gasteiger partial charge is 0.447 e. The number of alkyl carbamates (subject to hydrolysis) is 1. The number of carbonyl (C=O) groups excluding carboxylic acids is 4. The average Bonchev–Trinajstić information content (AvgIpc) is 3.06. The summed E-state index contributed by atoms with van der Waals surface area (Å²) in [5.41, 5.74) is 13.4. The maximum absolute atomic E-state index is 13.6. The summed E-state index contributed by atoms with van der Waals surface area (Å²) in [6.45, 7) is 6.03. The van der Waals surface area contributed by atoms with Crippen LogP contribution in [0.25, 0.3) is 10.4 Å². The Balaban J connectivity index is 1.94. The van der Waals surface area contributed by atoms with Gasteiger partial charge in [0.15, 0.2) is 0 Å². The van der Waals surface area contributed by atoms with Crippen LogP contribution in [0, 0.1) is 6.92 Å². The normalized spacial score (nSPS) is 10.4. The number of nitrogens with one attached hydrogen (secondary N) is 3. The number of aryl methyl sites for hydroxylation is 1. The Hall–Kier alpha value is -4.69. The molecule has 4 N–H and O–H groups in total.